The summed E-state index contributed by atoms with van der Waals surface area (Å²) in [6.07, 6.45) is 0. The standard InChI is InChI=1S/C7H4ClNO4.C7H6N2O4/c8-5-3-1-2-4(7(10)11)6(5)9(12)13;1-5-2-3-6(8(10)11)4-7(5)9(12)13/h1-3H,(H,10,11);2-4H,1H3. The molecule has 1 N–H and O–H groups in total. The van der Waals surface area contributed by atoms with E-state index in [1.54, 1.807) is 0 Å². The molecule has 26 heavy (non-hydrogen) atoms. The van der Waals surface area contributed by atoms with Gasteiger partial charge in [0.1, 0.15) is 10.6 Å². The number of aryl methyl sites for hydroxylation is 1. The number of hydrogen-bond donors (Lipinski definition) is 1. The Bertz CT molecular complexity index is 900. The number of hydrogen-bond acceptors (Lipinski definition) is 7. The first-order valence-electron chi connectivity index (χ1n) is 6.62. The lowest BCUT2D eigenvalue weighted by atomic mass is 10.2. The second-order valence-electron chi connectivity index (χ2n) is 4.68. The van der Waals surface area contributed by atoms with Crippen LogP contribution in [-0.4, -0.2) is 25.8 Å². The lowest BCUT2D eigenvalue weighted by Crippen LogP contribution is -2.02. The van der Waals surface area contributed by atoms with E-state index in [2.05, 4.69) is 0 Å². The van der Waals surface area contributed by atoms with E-state index in [9.17, 15) is 35.1 Å². The molecular formula is C14H10ClN3O8. The highest BCUT2D eigenvalue weighted by Gasteiger charge is 2.22. The highest BCUT2D eigenvalue weighted by Crippen LogP contribution is 2.27. The maximum absolute atomic E-state index is 10.5. The number of para-hydroxylation sites is 1. The van der Waals surface area contributed by atoms with Crippen molar-refractivity contribution in [3.63, 3.8) is 0 Å². The minimum Gasteiger partial charge on any atom is -0.477 e. The Morgan fingerprint density at radius 2 is 1.62 bits per heavy atom. The number of aromatic carboxylic acids is 1. The van der Waals surface area contributed by atoms with Crippen LogP contribution in [0.1, 0.15) is 15.9 Å². The number of rotatable bonds is 4. The highest BCUT2D eigenvalue weighted by molar-refractivity contribution is 6.33. The molecule has 0 saturated carbocycles. The third-order valence-corrected chi connectivity index (χ3v) is 3.30. The van der Waals surface area contributed by atoms with E-state index in [0.29, 0.717) is 5.56 Å². The Hall–Kier alpha value is -3.60. The SMILES string of the molecule is Cc1ccc([N+](=O)[O-])cc1[N+](=O)[O-].O=C(O)c1cccc(Cl)c1[N+](=O)[O-]. The fraction of sp³-hybridized carbons (Fsp3) is 0.0714. The van der Waals surface area contributed by atoms with Crippen LogP contribution in [0.2, 0.25) is 5.02 Å². The normalized spacial score (nSPS) is 9.62. The summed E-state index contributed by atoms with van der Waals surface area (Å²) >= 11 is 5.46. The van der Waals surface area contributed by atoms with Crippen molar-refractivity contribution in [2.75, 3.05) is 0 Å². The lowest BCUT2D eigenvalue weighted by molar-refractivity contribution is -0.394. The number of carboxylic acids is 1. The van der Waals surface area contributed by atoms with Crippen LogP contribution in [-0.2, 0) is 0 Å². The Labute approximate surface area is 149 Å². The van der Waals surface area contributed by atoms with Gasteiger partial charge in [0, 0.05) is 11.6 Å². The van der Waals surface area contributed by atoms with Crippen LogP contribution < -0.4 is 0 Å². The Kier molecular flexibility index (Phi) is 6.67. The van der Waals surface area contributed by atoms with E-state index in [1.165, 1.54) is 31.2 Å². The van der Waals surface area contributed by atoms with Crippen molar-refractivity contribution in [3.05, 3.63) is 82.9 Å². The van der Waals surface area contributed by atoms with Gasteiger partial charge in [-0.1, -0.05) is 17.7 Å². The zero-order valence-electron chi connectivity index (χ0n) is 13.0. The van der Waals surface area contributed by atoms with E-state index >= 15 is 0 Å². The molecule has 0 heterocycles. The van der Waals surface area contributed by atoms with Crippen molar-refractivity contribution in [1.82, 2.24) is 0 Å². The van der Waals surface area contributed by atoms with Gasteiger partial charge in [0.05, 0.1) is 20.8 Å². The van der Waals surface area contributed by atoms with Gasteiger partial charge < -0.3 is 5.11 Å². The second-order valence-corrected chi connectivity index (χ2v) is 5.09. The summed E-state index contributed by atoms with van der Waals surface area (Å²) in [7, 11) is 0. The number of halogens is 1. The molecule has 0 fully saturated rings. The van der Waals surface area contributed by atoms with Crippen molar-refractivity contribution in [3.8, 4) is 0 Å². The minimum atomic E-state index is -1.37. The molecule has 0 aliphatic rings. The molecule has 2 rings (SSSR count). The van der Waals surface area contributed by atoms with Crippen molar-refractivity contribution in [2.24, 2.45) is 0 Å². The number of nitrogens with zero attached hydrogens (tertiary/aromatic N) is 3. The van der Waals surface area contributed by atoms with Gasteiger partial charge in [-0.25, -0.2) is 4.79 Å². The van der Waals surface area contributed by atoms with Crippen molar-refractivity contribution in [2.45, 2.75) is 6.92 Å². The number of benzene rings is 2. The summed E-state index contributed by atoms with van der Waals surface area (Å²) in [5.74, 6) is -1.37. The third-order valence-electron chi connectivity index (χ3n) is 3.00. The molecule has 0 spiro atoms. The molecule has 0 aliphatic heterocycles. The summed E-state index contributed by atoms with van der Waals surface area (Å²) in [6, 6.07) is 7.30. The van der Waals surface area contributed by atoms with Gasteiger partial charge in [-0.15, -0.1) is 0 Å². The van der Waals surface area contributed by atoms with Crippen molar-refractivity contribution >= 4 is 34.6 Å². The number of carboxylic acid groups (broad SMARTS) is 1. The zero-order chi connectivity index (χ0) is 20.0. The van der Waals surface area contributed by atoms with Crippen LogP contribution in [0.25, 0.3) is 0 Å². The van der Waals surface area contributed by atoms with Crippen LogP contribution >= 0.6 is 11.6 Å². The van der Waals surface area contributed by atoms with Crippen molar-refractivity contribution in [1.29, 1.82) is 0 Å². The summed E-state index contributed by atoms with van der Waals surface area (Å²) in [5, 5.41) is 39.5. The maximum Gasteiger partial charge on any atom is 0.342 e. The van der Waals surface area contributed by atoms with E-state index in [0.717, 1.165) is 12.1 Å². The van der Waals surface area contributed by atoms with Crippen LogP contribution in [0.15, 0.2) is 36.4 Å². The first-order valence-corrected chi connectivity index (χ1v) is 6.99. The fourth-order valence-electron chi connectivity index (χ4n) is 1.78. The Morgan fingerprint density at radius 3 is 2.04 bits per heavy atom. The average Bonchev–Trinajstić information content (AvgIpc) is 2.54. The average molecular weight is 384 g/mol. The predicted molar refractivity (Wildman–Crippen MR) is 89.6 cm³/mol. The Balaban J connectivity index is 0.000000260. The van der Waals surface area contributed by atoms with Crippen LogP contribution in [0.3, 0.4) is 0 Å². The molecule has 0 aliphatic carbocycles. The van der Waals surface area contributed by atoms with Gasteiger partial charge in [-0.05, 0) is 25.1 Å². The number of nitro groups is 3. The summed E-state index contributed by atoms with van der Waals surface area (Å²) in [6.45, 7) is 1.53. The molecule has 12 heteroatoms. The number of nitro benzene ring substituents is 3. The van der Waals surface area contributed by atoms with E-state index < -0.39 is 32.0 Å². The van der Waals surface area contributed by atoms with Crippen LogP contribution in [0, 0.1) is 37.3 Å². The van der Waals surface area contributed by atoms with E-state index in [-0.39, 0.29) is 16.4 Å². The van der Waals surface area contributed by atoms with Gasteiger partial charge in [-0.2, -0.15) is 0 Å². The maximum atomic E-state index is 10.5. The molecule has 2 aromatic carbocycles. The number of non-ortho nitro benzene ring substituents is 1. The Morgan fingerprint density at radius 1 is 1.00 bits per heavy atom. The quantitative estimate of drug-likeness (QED) is 0.614. The van der Waals surface area contributed by atoms with Gasteiger partial charge in [-0.3, -0.25) is 30.3 Å². The fourth-order valence-corrected chi connectivity index (χ4v) is 2.03. The van der Waals surface area contributed by atoms with Gasteiger partial charge in [0.2, 0.25) is 0 Å². The first-order chi connectivity index (χ1) is 12.1. The summed E-state index contributed by atoms with van der Waals surface area (Å²) < 4.78 is 0. The molecule has 0 atom stereocenters. The van der Waals surface area contributed by atoms with E-state index in [4.69, 9.17) is 16.7 Å². The van der Waals surface area contributed by atoms with Gasteiger partial charge in [0.15, 0.2) is 0 Å². The molecule has 0 bridgehead atoms. The summed E-state index contributed by atoms with van der Waals surface area (Å²) in [5.41, 5.74) is -1.06. The number of carbonyl (C=O) groups is 1. The molecular weight excluding hydrogens is 374 g/mol. The van der Waals surface area contributed by atoms with Gasteiger partial charge >= 0.3 is 11.7 Å². The molecule has 2 aromatic rings. The van der Waals surface area contributed by atoms with Crippen LogP contribution in [0.4, 0.5) is 17.1 Å². The molecule has 0 radical (unpaired) electrons. The lowest BCUT2D eigenvalue weighted by Gasteiger charge is -1.98. The molecule has 0 aromatic heterocycles. The molecule has 11 nitrogen and oxygen atoms in total. The highest BCUT2D eigenvalue weighted by atomic mass is 35.5. The largest absolute Gasteiger partial charge is 0.477 e. The van der Waals surface area contributed by atoms with Crippen molar-refractivity contribution < 1.29 is 24.7 Å². The second kappa shape index (κ2) is 8.48. The molecule has 0 saturated heterocycles. The topological polar surface area (TPSA) is 167 Å². The van der Waals surface area contributed by atoms with E-state index in [1.807, 2.05) is 0 Å². The first kappa shape index (κ1) is 20.4. The smallest absolute Gasteiger partial charge is 0.342 e. The molecule has 0 unspecified atom stereocenters. The zero-order valence-corrected chi connectivity index (χ0v) is 13.7. The summed E-state index contributed by atoms with van der Waals surface area (Å²) in [4.78, 5) is 39.5. The molecule has 0 amide bonds. The molecule has 136 valence electrons. The van der Waals surface area contributed by atoms with Gasteiger partial charge in [0.25, 0.3) is 11.4 Å². The van der Waals surface area contributed by atoms with Crippen LogP contribution in [0.5, 0.6) is 0 Å². The third kappa shape index (κ3) is 4.95. The predicted octanol–water partition coefficient (Wildman–Crippen LogP) is 3.76. The monoisotopic (exact) mass is 383 g/mol. The minimum absolute atomic E-state index is 0.176.